The largest absolute Gasteiger partial charge is 0.396 e. The van der Waals surface area contributed by atoms with Gasteiger partial charge >= 0.3 is 0 Å². The number of piperidine rings is 1. The molecule has 2 aromatic heterocycles. The minimum absolute atomic E-state index is 0.0300. The van der Waals surface area contributed by atoms with Gasteiger partial charge in [-0.25, -0.2) is 9.97 Å². The highest BCUT2D eigenvalue weighted by molar-refractivity contribution is 7.21. The van der Waals surface area contributed by atoms with E-state index in [4.69, 9.17) is 5.73 Å². The van der Waals surface area contributed by atoms with E-state index in [1.165, 1.54) is 11.3 Å². The van der Waals surface area contributed by atoms with Gasteiger partial charge in [-0.1, -0.05) is 0 Å². The lowest BCUT2D eigenvalue weighted by Crippen LogP contribution is -2.47. The van der Waals surface area contributed by atoms with Crippen molar-refractivity contribution >= 4 is 33.3 Å². The van der Waals surface area contributed by atoms with Gasteiger partial charge in [-0.15, -0.1) is 11.3 Å². The zero-order chi connectivity index (χ0) is 15.0. The highest BCUT2D eigenvalue weighted by Crippen LogP contribution is 2.32. The Kier molecular flexibility index (Phi) is 3.77. The van der Waals surface area contributed by atoms with E-state index in [9.17, 15) is 4.79 Å². The van der Waals surface area contributed by atoms with Crippen LogP contribution in [0.1, 0.15) is 22.5 Å². The first kappa shape index (κ1) is 14.2. The number of aromatic nitrogens is 2. The second kappa shape index (κ2) is 5.57. The quantitative estimate of drug-likeness (QED) is 0.908. The van der Waals surface area contributed by atoms with Crippen molar-refractivity contribution in [2.24, 2.45) is 0 Å². The van der Waals surface area contributed by atoms with Gasteiger partial charge in [-0.3, -0.25) is 4.79 Å². The molecule has 1 aliphatic heterocycles. The molecule has 0 spiro atoms. The van der Waals surface area contributed by atoms with Crippen LogP contribution in [-0.2, 0) is 0 Å². The third-order valence-electron chi connectivity index (χ3n) is 4.03. The zero-order valence-electron chi connectivity index (χ0n) is 12.2. The Morgan fingerprint density at radius 1 is 1.48 bits per heavy atom. The number of rotatable bonds is 2. The van der Waals surface area contributed by atoms with Crippen molar-refractivity contribution in [1.82, 2.24) is 19.8 Å². The van der Waals surface area contributed by atoms with Crippen LogP contribution in [0.25, 0.3) is 10.3 Å². The summed E-state index contributed by atoms with van der Waals surface area (Å²) in [6.45, 7) is 2.00. The number of nitrogens with zero attached hydrogens (tertiary/aromatic N) is 4. The Hall–Kier alpha value is -1.73. The standard InChI is InChI=1S/C14H19N5OS/c1-18-7-3-4-9(8-18)19(2)14(20)12-10(15)11-13(21-12)17-6-5-16-11/h5-6,9H,3-4,7-8,15H2,1-2H3. The van der Waals surface area contributed by atoms with Crippen LogP contribution in [0.5, 0.6) is 0 Å². The molecule has 3 rings (SSSR count). The minimum Gasteiger partial charge on any atom is -0.396 e. The van der Waals surface area contributed by atoms with Gasteiger partial charge in [-0.2, -0.15) is 0 Å². The molecule has 3 heterocycles. The molecule has 1 fully saturated rings. The second-order valence-corrected chi connectivity index (χ2v) is 6.53. The van der Waals surface area contributed by atoms with Crippen molar-refractivity contribution in [2.45, 2.75) is 18.9 Å². The molecule has 1 aliphatic rings. The number of hydrogen-bond donors (Lipinski definition) is 1. The fraction of sp³-hybridized carbons (Fsp3) is 0.500. The molecule has 1 saturated heterocycles. The maximum atomic E-state index is 12.7. The Labute approximate surface area is 127 Å². The van der Waals surface area contributed by atoms with E-state index in [1.54, 1.807) is 12.4 Å². The van der Waals surface area contributed by atoms with Crippen molar-refractivity contribution in [2.75, 3.05) is 32.9 Å². The zero-order valence-corrected chi connectivity index (χ0v) is 13.1. The van der Waals surface area contributed by atoms with Gasteiger partial charge in [0.25, 0.3) is 5.91 Å². The van der Waals surface area contributed by atoms with Crippen molar-refractivity contribution < 1.29 is 4.79 Å². The molecule has 21 heavy (non-hydrogen) atoms. The summed E-state index contributed by atoms with van der Waals surface area (Å²) < 4.78 is 0. The molecule has 112 valence electrons. The molecule has 0 saturated carbocycles. The predicted molar refractivity (Wildman–Crippen MR) is 84.4 cm³/mol. The molecule has 7 heteroatoms. The first-order valence-electron chi connectivity index (χ1n) is 7.02. The van der Waals surface area contributed by atoms with Gasteiger partial charge in [0, 0.05) is 32.0 Å². The lowest BCUT2D eigenvalue weighted by Gasteiger charge is -2.35. The summed E-state index contributed by atoms with van der Waals surface area (Å²) in [5.41, 5.74) is 7.16. The Bertz CT molecular complexity index is 670. The Balaban J connectivity index is 1.87. The molecule has 2 aromatic rings. The normalized spacial score (nSPS) is 19.8. The average molecular weight is 305 g/mol. The number of thiophene rings is 1. The van der Waals surface area contributed by atoms with Crippen LogP contribution in [0, 0.1) is 0 Å². The molecule has 0 radical (unpaired) electrons. The van der Waals surface area contributed by atoms with E-state index < -0.39 is 0 Å². The topological polar surface area (TPSA) is 75.3 Å². The van der Waals surface area contributed by atoms with Gasteiger partial charge in [0.1, 0.15) is 15.2 Å². The molecule has 6 nitrogen and oxygen atoms in total. The monoisotopic (exact) mass is 305 g/mol. The number of amides is 1. The minimum atomic E-state index is -0.0300. The predicted octanol–water partition coefficient (Wildman–Crippen LogP) is 1.44. The third kappa shape index (κ3) is 2.58. The number of fused-ring (bicyclic) bond motifs is 1. The van der Waals surface area contributed by atoms with Crippen molar-refractivity contribution in [1.29, 1.82) is 0 Å². The highest BCUT2D eigenvalue weighted by atomic mass is 32.1. The van der Waals surface area contributed by atoms with E-state index in [1.807, 2.05) is 11.9 Å². The van der Waals surface area contributed by atoms with E-state index in [2.05, 4.69) is 21.9 Å². The smallest absolute Gasteiger partial charge is 0.266 e. The van der Waals surface area contributed by atoms with E-state index in [-0.39, 0.29) is 11.9 Å². The average Bonchev–Trinajstić information content (AvgIpc) is 2.83. The fourth-order valence-corrected chi connectivity index (χ4v) is 3.79. The van der Waals surface area contributed by atoms with Crippen LogP contribution in [0.4, 0.5) is 5.69 Å². The molecule has 1 amide bonds. The van der Waals surface area contributed by atoms with Crippen LogP contribution in [0.15, 0.2) is 12.4 Å². The number of nitrogens with two attached hydrogens (primary N) is 1. The van der Waals surface area contributed by atoms with E-state index >= 15 is 0 Å². The van der Waals surface area contributed by atoms with Crippen LogP contribution in [0.2, 0.25) is 0 Å². The lowest BCUT2D eigenvalue weighted by atomic mass is 10.0. The first-order chi connectivity index (χ1) is 10.1. The van der Waals surface area contributed by atoms with Crippen LogP contribution < -0.4 is 5.73 Å². The number of carbonyl (C=O) groups excluding carboxylic acids is 1. The van der Waals surface area contributed by atoms with Crippen molar-refractivity contribution in [3.8, 4) is 0 Å². The fourth-order valence-electron chi connectivity index (χ4n) is 2.78. The first-order valence-corrected chi connectivity index (χ1v) is 7.84. The van der Waals surface area contributed by atoms with Crippen molar-refractivity contribution in [3.63, 3.8) is 0 Å². The maximum absolute atomic E-state index is 12.7. The van der Waals surface area contributed by atoms with E-state index in [0.29, 0.717) is 20.9 Å². The van der Waals surface area contributed by atoms with Gasteiger partial charge < -0.3 is 15.5 Å². The molecule has 1 unspecified atom stereocenters. The molecule has 0 bridgehead atoms. The SMILES string of the molecule is CN1CCCC(N(C)C(=O)c2sc3nccnc3c2N)C1. The van der Waals surface area contributed by atoms with Gasteiger partial charge in [-0.05, 0) is 26.4 Å². The Morgan fingerprint density at radius 3 is 2.95 bits per heavy atom. The number of likely N-dealkylation sites (tertiary alicyclic amines) is 1. The number of hydrogen-bond acceptors (Lipinski definition) is 6. The lowest BCUT2D eigenvalue weighted by molar-refractivity contribution is 0.0650. The summed E-state index contributed by atoms with van der Waals surface area (Å²) in [6, 6.07) is 0.238. The van der Waals surface area contributed by atoms with E-state index in [0.717, 1.165) is 25.9 Å². The number of anilines is 1. The number of likely N-dealkylation sites (N-methyl/N-ethyl adjacent to an activating group) is 2. The summed E-state index contributed by atoms with van der Waals surface area (Å²) in [6.07, 6.45) is 5.36. The molecule has 0 aliphatic carbocycles. The highest BCUT2D eigenvalue weighted by Gasteiger charge is 2.28. The molecule has 0 aromatic carbocycles. The van der Waals surface area contributed by atoms with Gasteiger partial charge in [0.15, 0.2) is 0 Å². The van der Waals surface area contributed by atoms with Crippen LogP contribution >= 0.6 is 11.3 Å². The Morgan fingerprint density at radius 2 is 2.24 bits per heavy atom. The van der Waals surface area contributed by atoms with Gasteiger partial charge in [0.2, 0.25) is 0 Å². The summed E-state index contributed by atoms with van der Waals surface area (Å²) in [5.74, 6) is -0.0300. The molecular weight excluding hydrogens is 286 g/mol. The summed E-state index contributed by atoms with van der Waals surface area (Å²) in [7, 11) is 3.95. The molecule has 1 atom stereocenters. The van der Waals surface area contributed by atoms with Crippen LogP contribution in [0.3, 0.4) is 0 Å². The summed E-state index contributed by atoms with van der Waals surface area (Å²) in [5, 5.41) is 0. The third-order valence-corrected chi connectivity index (χ3v) is 5.12. The molecule has 2 N–H and O–H groups in total. The summed E-state index contributed by atoms with van der Waals surface area (Å²) >= 11 is 1.32. The van der Waals surface area contributed by atoms with Gasteiger partial charge in [0.05, 0.1) is 5.69 Å². The number of nitrogen functional groups attached to an aromatic ring is 1. The number of carbonyl (C=O) groups is 1. The summed E-state index contributed by atoms with van der Waals surface area (Å²) in [4.78, 5) is 26.5. The van der Waals surface area contributed by atoms with Crippen LogP contribution in [-0.4, -0.2) is 58.9 Å². The molecular formula is C14H19N5OS. The second-order valence-electron chi connectivity index (χ2n) is 5.53. The maximum Gasteiger partial charge on any atom is 0.266 e. The van der Waals surface area contributed by atoms with Crippen molar-refractivity contribution in [3.05, 3.63) is 17.3 Å².